The van der Waals surface area contributed by atoms with Crippen LogP contribution in [0.5, 0.6) is 5.75 Å². The Bertz CT molecular complexity index is 546. The average Bonchev–Trinajstić information content (AvgIpc) is 2.83. The predicted molar refractivity (Wildman–Crippen MR) is 92.3 cm³/mol. The lowest BCUT2D eigenvalue weighted by Crippen LogP contribution is -2.45. The van der Waals surface area contributed by atoms with Crippen LogP contribution in [-0.4, -0.2) is 68.9 Å². The van der Waals surface area contributed by atoms with Crippen molar-refractivity contribution in [1.29, 1.82) is 0 Å². The van der Waals surface area contributed by atoms with E-state index < -0.39 is 0 Å². The Morgan fingerprint density at radius 3 is 2.92 bits per heavy atom. The van der Waals surface area contributed by atoms with Crippen LogP contribution in [0.25, 0.3) is 0 Å². The molecule has 2 aliphatic rings. The molecule has 2 heterocycles. The van der Waals surface area contributed by atoms with Gasteiger partial charge in [-0.25, -0.2) is 4.79 Å². The van der Waals surface area contributed by atoms with E-state index in [-0.39, 0.29) is 12.1 Å². The maximum Gasteiger partial charge on any atom is 0.317 e. The number of ether oxygens (including phenoxy) is 2. The highest BCUT2D eigenvalue weighted by Crippen LogP contribution is 2.31. The molecule has 1 N–H and O–H groups in total. The molecule has 0 bridgehead atoms. The third kappa shape index (κ3) is 4.39. The number of para-hydroxylation sites is 1. The maximum atomic E-state index is 12.5. The van der Waals surface area contributed by atoms with Crippen molar-refractivity contribution in [1.82, 2.24) is 15.1 Å². The first-order chi connectivity index (χ1) is 11.7. The minimum atomic E-state index is -0.0232. The number of likely N-dealkylation sites (N-methyl/N-ethyl adjacent to an activating group) is 1. The molecule has 1 fully saturated rings. The molecule has 1 aromatic rings. The van der Waals surface area contributed by atoms with Crippen molar-refractivity contribution in [2.75, 3.05) is 53.0 Å². The van der Waals surface area contributed by atoms with Crippen LogP contribution in [0, 0.1) is 0 Å². The molecule has 0 aliphatic carbocycles. The Labute approximate surface area is 143 Å². The molecule has 132 valence electrons. The van der Waals surface area contributed by atoms with Gasteiger partial charge in [-0.2, -0.15) is 0 Å². The summed E-state index contributed by atoms with van der Waals surface area (Å²) in [6, 6.07) is 7.97. The number of nitrogens with one attached hydrogen (secondary N) is 1. The van der Waals surface area contributed by atoms with Crippen LogP contribution in [0.3, 0.4) is 0 Å². The quantitative estimate of drug-likeness (QED) is 0.914. The number of fused-ring (bicyclic) bond motifs is 1. The van der Waals surface area contributed by atoms with Gasteiger partial charge in [0.05, 0.1) is 25.9 Å². The zero-order valence-corrected chi connectivity index (χ0v) is 14.4. The van der Waals surface area contributed by atoms with E-state index in [1.807, 2.05) is 31.3 Å². The highest BCUT2D eigenvalue weighted by molar-refractivity contribution is 5.74. The van der Waals surface area contributed by atoms with Crippen LogP contribution in [0.2, 0.25) is 0 Å². The molecule has 6 nitrogen and oxygen atoms in total. The minimum Gasteiger partial charge on any atom is -0.493 e. The smallest absolute Gasteiger partial charge is 0.317 e. The van der Waals surface area contributed by atoms with Gasteiger partial charge in [-0.05, 0) is 18.9 Å². The van der Waals surface area contributed by atoms with Crippen molar-refractivity contribution in [3.63, 3.8) is 0 Å². The van der Waals surface area contributed by atoms with Gasteiger partial charge in [0.1, 0.15) is 5.75 Å². The lowest BCUT2D eigenvalue weighted by atomic mass is 10.0. The van der Waals surface area contributed by atoms with E-state index in [0.717, 1.165) is 63.5 Å². The molecule has 3 rings (SSSR count). The molecule has 0 radical (unpaired) electrons. The summed E-state index contributed by atoms with van der Waals surface area (Å²) in [5.41, 5.74) is 1.07. The van der Waals surface area contributed by atoms with Gasteiger partial charge in [0.15, 0.2) is 0 Å². The van der Waals surface area contributed by atoms with Gasteiger partial charge >= 0.3 is 6.03 Å². The molecular weight excluding hydrogens is 306 g/mol. The molecule has 6 heteroatoms. The summed E-state index contributed by atoms with van der Waals surface area (Å²) in [4.78, 5) is 16.6. The maximum absolute atomic E-state index is 12.5. The summed E-state index contributed by atoms with van der Waals surface area (Å²) >= 11 is 0. The molecule has 1 atom stereocenters. The second-order valence-electron chi connectivity index (χ2n) is 6.41. The normalized spacial score (nSPS) is 21.3. The lowest BCUT2D eigenvalue weighted by molar-refractivity contribution is 0.0356. The van der Waals surface area contributed by atoms with Gasteiger partial charge in [0.25, 0.3) is 0 Å². The number of rotatable bonds is 4. The van der Waals surface area contributed by atoms with Crippen molar-refractivity contribution >= 4 is 6.03 Å². The topological polar surface area (TPSA) is 54.0 Å². The monoisotopic (exact) mass is 333 g/mol. The van der Waals surface area contributed by atoms with E-state index in [0.29, 0.717) is 6.61 Å². The SMILES string of the molecule is CN(CCN1CCOCC1)C(=O)N[C@H]1CCCOc2ccccc21. The van der Waals surface area contributed by atoms with Crippen LogP contribution in [0.4, 0.5) is 4.79 Å². The van der Waals surface area contributed by atoms with Crippen molar-refractivity contribution < 1.29 is 14.3 Å². The number of hydrogen-bond acceptors (Lipinski definition) is 4. The van der Waals surface area contributed by atoms with Gasteiger partial charge < -0.3 is 19.7 Å². The number of hydrogen-bond donors (Lipinski definition) is 1. The standard InChI is InChI=1S/C18H27N3O3/c1-20(8-9-21-10-13-23-14-11-21)18(22)19-16-6-4-12-24-17-7-3-2-5-15(16)17/h2-3,5,7,16H,4,6,8-14H2,1H3,(H,19,22)/t16-/m0/s1. The molecule has 2 aliphatic heterocycles. The largest absolute Gasteiger partial charge is 0.493 e. The Morgan fingerprint density at radius 1 is 1.29 bits per heavy atom. The number of benzene rings is 1. The molecule has 0 aromatic heterocycles. The van der Waals surface area contributed by atoms with E-state index in [1.54, 1.807) is 4.90 Å². The van der Waals surface area contributed by atoms with Crippen molar-refractivity contribution in [3.8, 4) is 5.75 Å². The molecule has 0 saturated carbocycles. The fourth-order valence-electron chi connectivity index (χ4n) is 3.15. The Morgan fingerprint density at radius 2 is 2.08 bits per heavy atom. The third-order valence-corrected chi connectivity index (χ3v) is 4.69. The van der Waals surface area contributed by atoms with Crippen LogP contribution in [-0.2, 0) is 4.74 Å². The predicted octanol–water partition coefficient (Wildman–Crippen LogP) is 1.87. The number of carbonyl (C=O) groups excluding carboxylic acids is 1. The first kappa shape index (κ1) is 17.0. The van der Waals surface area contributed by atoms with E-state index in [9.17, 15) is 4.79 Å². The van der Waals surface area contributed by atoms with Gasteiger partial charge in [-0.1, -0.05) is 18.2 Å². The van der Waals surface area contributed by atoms with Crippen molar-refractivity contribution in [2.45, 2.75) is 18.9 Å². The number of urea groups is 1. The first-order valence-corrected chi connectivity index (χ1v) is 8.77. The second-order valence-corrected chi connectivity index (χ2v) is 6.41. The minimum absolute atomic E-state index is 0.0158. The lowest BCUT2D eigenvalue weighted by Gasteiger charge is -2.29. The molecule has 1 aromatic carbocycles. The van der Waals surface area contributed by atoms with Crippen LogP contribution < -0.4 is 10.1 Å². The van der Waals surface area contributed by atoms with E-state index >= 15 is 0 Å². The zero-order chi connectivity index (χ0) is 16.8. The zero-order valence-electron chi connectivity index (χ0n) is 14.4. The van der Waals surface area contributed by atoms with Gasteiger partial charge in [-0.3, -0.25) is 4.90 Å². The van der Waals surface area contributed by atoms with Crippen LogP contribution in [0.1, 0.15) is 24.4 Å². The van der Waals surface area contributed by atoms with Gasteiger partial charge in [-0.15, -0.1) is 0 Å². The van der Waals surface area contributed by atoms with E-state index in [1.165, 1.54) is 0 Å². The fourth-order valence-corrected chi connectivity index (χ4v) is 3.15. The molecule has 24 heavy (non-hydrogen) atoms. The highest BCUT2D eigenvalue weighted by atomic mass is 16.5. The van der Waals surface area contributed by atoms with Crippen LogP contribution in [0.15, 0.2) is 24.3 Å². The average molecular weight is 333 g/mol. The number of nitrogens with zero attached hydrogens (tertiary/aromatic N) is 2. The number of amides is 2. The van der Waals surface area contributed by atoms with Crippen molar-refractivity contribution in [3.05, 3.63) is 29.8 Å². The summed E-state index contributed by atoms with van der Waals surface area (Å²) < 4.78 is 11.1. The summed E-state index contributed by atoms with van der Waals surface area (Å²) in [6.07, 6.45) is 1.84. The van der Waals surface area contributed by atoms with Gasteiger partial charge in [0.2, 0.25) is 0 Å². The summed E-state index contributed by atoms with van der Waals surface area (Å²) in [5, 5.41) is 3.17. The molecule has 0 spiro atoms. The molecule has 2 amide bonds. The number of carbonyl (C=O) groups is 1. The Hall–Kier alpha value is -1.79. The van der Waals surface area contributed by atoms with Crippen molar-refractivity contribution in [2.24, 2.45) is 0 Å². The molecular formula is C18H27N3O3. The Kier molecular flexibility index (Phi) is 5.93. The van der Waals surface area contributed by atoms with Crippen LogP contribution >= 0.6 is 0 Å². The van der Waals surface area contributed by atoms with E-state index in [2.05, 4.69) is 10.2 Å². The Balaban J connectivity index is 1.53. The highest BCUT2D eigenvalue weighted by Gasteiger charge is 2.22. The summed E-state index contributed by atoms with van der Waals surface area (Å²) in [5.74, 6) is 0.885. The molecule has 0 unspecified atom stereocenters. The van der Waals surface area contributed by atoms with E-state index in [4.69, 9.17) is 9.47 Å². The molecule has 1 saturated heterocycles. The van der Waals surface area contributed by atoms with Gasteiger partial charge in [0, 0.05) is 38.8 Å². The number of morpholine rings is 1. The fraction of sp³-hybridized carbons (Fsp3) is 0.611. The third-order valence-electron chi connectivity index (χ3n) is 4.69. The summed E-state index contributed by atoms with van der Waals surface area (Å²) in [6.45, 7) is 5.78. The summed E-state index contributed by atoms with van der Waals surface area (Å²) in [7, 11) is 1.86. The second kappa shape index (κ2) is 8.35. The first-order valence-electron chi connectivity index (χ1n) is 8.77.